The number of amides is 1. The van der Waals surface area contributed by atoms with Gasteiger partial charge in [-0.05, 0) is 82.9 Å². The number of nitrogens with zero attached hydrogens (tertiary/aromatic N) is 3. The number of aromatic nitrogens is 2. The molecule has 3 aromatic carbocycles. The molecule has 38 heavy (non-hydrogen) atoms. The average Bonchev–Trinajstić information content (AvgIpc) is 3.10. The number of imidazole rings is 1. The minimum atomic E-state index is -2.17. The molecular formula is C32H40N4OSi. The number of carbonyl (C=O) groups excluding carboxylic acids is 1. The third-order valence-electron chi connectivity index (χ3n) is 7.05. The minimum absolute atomic E-state index is 0.0814. The fraction of sp³-hybridized carbons (Fsp3) is 0.312. The monoisotopic (exact) mass is 524 g/mol. The van der Waals surface area contributed by atoms with Crippen molar-refractivity contribution >= 4 is 19.8 Å². The number of rotatable bonds is 5. The molecule has 6 heteroatoms. The third kappa shape index (κ3) is 4.93. The Labute approximate surface area is 228 Å². The molecular weight excluding hydrogens is 484 g/mol. The molecule has 1 heterocycles. The number of hydrogen-bond acceptors (Lipinski definition) is 2. The molecule has 0 atom stereocenters. The van der Waals surface area contributed by atoms with Crippen LogP contribution in [0, 0.1) is 53.9 Å². The van der Waals surface area contributed by atoms with Crippen molar-refractivity contribution in [2.75, 3.05) is 4.57 Å². The SMILES string of the molecule is Cc1ccc(N(C(=O)c2cn(-c3c(C)cc(C)cc3C)c(=N)n2-c2c(C)cc(C)cc2C)[Si](C)(C)C)cc1. The van der Waals surface area contributed by atoms with Gasteiger partial charge in [0, 0.05) is 11.9 Å². The first kappa shape index (κ1) is 27.4. The van der Waals surface area contributed by atoms with Gasteiger partial charge >= 0.3 is 0 Å². The summed E-state index contributed by atoms with van der Waals surface area (Å²) in [6.07, 6.45) is 1.87. The van der Waals surface area contributed by atoms with Gasteiger partial charge in [-0.2, -0.15) is 0 Å². The summed E-state index contributed by atoms with van der Waals surface area (Å²) in [4.78, 5) is 14.6. The van der Waals surface area contributed by atoms with Crippen molar-refractivity contribution in [1.29, 1.82) is 5.41 Å². The molecule has 0 aliphatic heterocycles. The van der Waals surface area contributed by atoms with E-state index >= 15 is 0 Å². The summed E-state index contributed by atoms with van der Waals surface area (Å²) in [6, 6.07) is 16.7. The van der Waals surface area contributed by atoms with E-state index in [2.05, 4.69) is 105 Å². The second kappa shape index (κ2) is 9.91. The Morgan fingerprint density at radius 2 is 1.16 bits per heavy atom. The van der Waals surface area contributed by atoms with E-state index in [1.165, 1.54) is 5.56 Å². The molecule has 0 saturated carbocycles. The van der Waals surface area contributed by atoms with Crippen LogP contribution in [-0.4, -0.2) is 23.3 Å². The van der Waals surface area contributed by atoms with Gasteiger partial charge in [0.1, 0.15) is 5.69 Å². The van der Waals surface area contributed by atoms with E-state index in [9.17, 15) is 10.2 Å². The quantitative estimate of drug-likeness (QED) is 0.272. The van der Waals surface area contributed by atoms with Crippen LogP contribution in [0.3, 0.4) is 0 Å². The molecule has 1 aromatic heterocycles. The van der Waals surface area contributed by atoms with Crippen LogP contribution in [0.25, 0.3) is 11.4 Å². The van der Waals surface area contributed by atoms with Gasteiger partial charge < -0.3 is 4.57 Å². The summed E-state index contributed by atoms with van der Waals surface area (Å²) in [7, 11) is -2.17. The van der Waals surface area contributed by atoms with Gasteiger partial charge in [0.05, 0.1) is 11.4 Å². The molecule has 0 unspecified atom stereocenters. The second-order valence-corrected chi connectivity index (χ2v) is 16.5. The summed E-state index contributed by atoms with van der Waals surface area (Å²) >= 11 is 0. The van der Waals surface area contributed by atoms with Gasteiger partial charge in [-0.3, -0.25) is 19.3 Å². The van der Waals surface area contributed by atoms with Gasteiger partial charge in [-0.15, -0.1) is 0 Å². The van der Waals surface area contributed by atoms with Crippen LogP contribution < -0.4 is 10.2 Å². The van der Waals surface area contributed by atoms with Crippen molar-refractivity contribution in [2.45, 2.75) is 68.1 Å². The third-order valence-corrected chi connectivity index (χ3v) is 8.86. The topological polar surface area (TPSA) is 54.0 Å². The number of nitrogens with one attached hydrogen (secondary N) is 1. The number of anilines is 1. The van der Waals surface area contributed by atoms with Crippen LogP contribution >= 0.6 is 0 Å². The van der Waals surface area contributed by atoms with Crippen molar-refractivity contribution in [3.05, 3.63) is 105 Å². The Bertz CT molecular complexity index is 1550. The summed E-state index contributed by atoms with van der Waals surface area (Å²) in [5.41, 5.74) is 11.2. The lowest BCUT2D eigenvalue weighted by molar-refractivity contribution is 0.0996. The zero-order valence-corrected chi connectivity index (χ0v) is 25.4. The summed E-state index contributed by atoms with van der Waals surface area (Å²) in [5.74, 6) is -0.0814. The van der Waals surface area contributed by atoms with Crippen LogP contribution in [0.4, 0.5) is 5.69 Å². The number of benzene rings is 3. The summed E-state index contributed by atoms with van der Waals surface area (Å²) < 4.78 is 5.72. The van der Waals surface area contributed by atoms with Crippen LogP contribution in [0.5, 0.6) is 0 Å². The summed E-state index contributed by atoms with van der Waals surface area (Å²) in [5, 5.41) is 9.43. The number of aryl methyl sites for hydroxylation is 7. The van der Waals surface area contributed by atoms with Gasteiger partial charge in [0.25, 0.3) is 5.91 Å². The molecule has 0 aliphatic rings. The fourth-order valence-corrected chi connectivity index (χ4v) is 7.35. The average molecular weight is 525 g/mol. The van der Waals surface area contributed by atoms with E-state index in [-0.39, 0.29) is 11.5 Å². The maximum absolute atomic E-state index is 14.6. The van der Waals surface area contributed by atoms with E-state index in [4.69, 9.17) is 0 Å². The molecule has 4 rings (SSSR count). The first-order chi connectivity index (χ1) is 17.7. The maximum Gasteiger partial charge on any atom is 0.268 e. The summed E-state index contributed by atoms with van der Waals surface area (Å²) in [6.45, 7) is 21.0. The highest BCUT2D eigenvalue weighted by atomic mass is 28.3. The van der Waals surface area contributed by atoms with E-state index in [0.29, 0.717) is 5.69 Å². The molecule has 198 valence electrons. The van der Waals surface area contributed by atoms with Crippen LogP contribution in [-0.2, 0) is 0 Å². The standard InChI is InChI=1S/C32H40N4OSi/c1-20-11-13-27(14-12-20)36(38(8,9)10)31(37)28-19-34(29-23(4)15-21(2)16-24(29)5)32(33)35(28)30-25(6)17-22(3)18-26(30)7/h11-19,33H,1-10H3. The normalized spacial score (nSPS) is 11.6. The highest BCUT2D eigenvalue weighted by Gasteiger charge is 2.34. The Morgan fingerprint density at radius 1 is 0.711 bits per heavy atom. The van der Waals surface area contributed by atoms with Gasteiger partial charge in [-0.1, -0.05) is 72.7 Å². The largest absolute Gasteiger partial charge is 0.336 e. The van der Waals surface area contributed by atoms with Crippen molar-refractivity contribution in [3.63, 3.8) is 0 Å². The first-order valence-electron chi connectivity index (χ1n) is 13.2. The van der Waals surface area contributed by atoms with Gasteiger partial charge in [0.15, 0.2) is 8.24 Å². The van der Waals surface area contributed by atoms with E-state index in [0.717, 1.165) is 50.4 Å². The zero-order chi connectivity index (χ0) is 28.1. The molecule has 5 nitrogen and oxygen atoms in total. The molecule has 0 bridgehead atoms. The Hall–Kier alpha value is -3.64. The Kier molecular flexibility index (Phi) is 7.15. The maximum atomic E-state index is 14.6. The van der Waals surface area contributed by atoms with Crippen LogP contribution in [0.2, 0.25) is 19.6 Å². The minimum Gasteiger partial charge on any atom is -0.336 e. The van der Waals surface area contributed by atoms with Gasteiger partial charge in [-0.25, -0.2) is 0 Å². The molecule has 0 radical (unpaired) electrons. The molecule has 1 amide bonds. The highest BCUT2D eigenvalue weighted by Crippen LogP contribution is 2.29. The highest BCUT2D eigenvalue weighted by molar-refractivity contribution is 6.83. The lowest BCUT2D eigenvalue weighted by Crippen LogP contribution is -2.51. The molecule has 0 saturated heterocycles. The first-order valence-corrected chi connectivity index (χ1v) is 16.6. The van der Waals surface area contributed by atoms with E-state index in [1.807, 2.05) is 32.0 Å². The van der Waals surface area contributed by atoms with Crippen molar-refractivity contribution in [2.24, 2.45) is 0 Å². The predicted octanol–water partition coefficient (Wildman–Crippen LogP) is 7.39. The van der Waals surface area contributed by atoms with Crippen molar-refractivity contribution in [3.8, 4) is 11.4 Å². The molecule has 0 aliphatic carbocycles. The van der Waals surface area contributed by atoms with Crippen LogP contribution in [0.15, 0.2) is 54.7 Å². The van der Waals surface area contributed by atoms with Crippen molar-refractivity contribution < 1.29 is 4.79 Å². The Morgan fingerprint density at radius 3 is 1.61 bits per heavy atom. The molecule has 0 spiro atoms. The smallest absolute Gasteiger partial charge is 0.268 e. The lowest BCUT2D eigenvalue weighted by Gasteiger charge is -2.34. The van der Waals surface area contributed by atoms with E-state index in [1.54, 1.807) is 0 Å². The van der Waals surface area contributed by atoms with Crippen molar-refractivity contribution in [1.82, 2.24) is 9.13 Å². The number of hydrogen-bond donors (Lipinski definition) is 1. The zero-order valence-electron chi connectivity index (χ0n) is 24.4. The lowest BCUT2D eigenvalue weighted by atomic mass is 10.0. The molecule has 0 fully saturated rings. The predicted molar refractivity (Wildman–Crippen MR) is 161 cm³/mol. The second-order valence-electron chi connectivity index (χ2n) is 11.7. The Balaban J connectivity index is 2.07. The van der Waals surface area contributed by atoms with Crippen LogP contribution in [0.1, 0.15) is 49.4 Å². The van der Waals surface area contributed by atoms with E-state index < -0.39 is 8.24 Å². The van der Waals surface area contributed by atoms with Gasteiger partial charge in [0.2, 0.25) is 5.62 Å². The number of carbonyl (C=O) groups is 1. The molecule has 4 aromatic rings. The fourth-order valence-electron chi connectivity index (χ4n) is 5.71. The molecule has 1 N–H and O–H groups in total.